The number of ether oxygens (including phenoxy) is 4. The number of anilines is 2. The zero-order chi connectivity index (χ0) is 51.9. The van der Waals surface area contributed by atoms with Crippen molar-refractivity contribution < 1.29 is 54.7 Å². The summed E-state index contributed by atoms with van der Waals surface area (Å²) in [6, 6.07) is 37.6. The van der Waals surface area contributed by atoms with E-state index in [4.69, 9.17) is 23.1 Å². The van der Waals surface area contributed by atoms with Gasteiger partial charge in [0.25, 0.3) is 21.9 Å². The number of halogens is 1. The van der Waals surface area contributed by atoms with Crippen LogP contribution in [0.4, 0.5) is 11.4 Å². The van der Waals surface area contributed by atoms with Crippen LogP contribution in [0.25, 0.3) is 0 Å². The van der Waals surface area contributed by atoms with Crippen molar-refractivity contribution in [1.82, 2.24) is 0 Å². The van der Waals surface area contributed by atoms with Gasteiger partial charge in [-0.25, -0.2) is 8.42 Å². The minimum atomic E-state index is -3.86. The maximum absolute atomic E-state index is 13.1. The summed E-state index contributed by atoms with van der Waals surface area (Å²) >= 11 is 0. The lowest BCUT2D eigenvalue weighted by Gasteiger charge is -2.46. The summed E-state index contributed by atoms with van der Waals surface area (Å²) < 4.78 is 71.0. The number of aliphatic hydroxyl groups is 1. The van der Waals surface area contributed by atoms with Crippen molar-refractivity contribution in [2.75, 3.05) is 36.5 Å². The van der Waals surface area contributed by atoms with E-state index in [1.165, 1.54) is 0 Å². The minimum absolute atomic E-state index is 0.317. The molecule has 376 valence electrons. The fourth-order valence-electron chi connectivity index (χ4n) is 8.15. The first-order valence-corrected chi connectivity index (χ1v) is 27.0. The maximum atomic E-state index is 13.1. The van der Waals surface area contributed by atoms with Crippen LogP contribution in [-0.4, -0.2) is 72.7 Å². The van der Waals surface area contributed by atoms with Crippen LogP contribution < -0.4 is 28.7 Å². The van der Waals surface area contributed by atoms with Crippen LogP contribution in [0.5, 0.6) is 23.0 Å². The van der Waals surface area contributed by atoms with Crippen molar-refractivity contribution in [2.24, 2.45) is 0 Å². The van der Waals surface area contributed by atoms with Crippen LogP contribution in [-0.2, 0) is 46.2 Å². The van der Waals surface area contributed by atoms with Gasteiger partial charge in [0.05, 0.1) is 38.8 Å². The molecule has 2 fully saturated rings. The van der Waals surface area contributed by atoms with Crippen molar-refractivity contribution in [2.45, 2.75) is 79.0 Å². The number of aliphatic hydroxyl groups excluding tert-OH is 1. The van der Waals surface area contributed by atoms with Crippen LogP contribution in [0, 0.1) is 41.5 Å². The number of carbonyl (C=O) groups excluding carboxylic acids is 2. The first-order valence-electron chi connectivity index (χ1n) is 22.5. The highest BCUT2D eigenvalue weighted by Crippen LogP contribution is 2.45. The number of β-lactam (4-membered cyclic amide) rings is 2. The summed E-state index contributed by atoms with van der Waals surface area (Å²) in [5.74, 6) is 2.01. The molecule has 0 radical (unpaired) electrons. The Morgan fingerprint density at radius 1 is 0.535 bits per heavy atom. The fraction of sp³-hybridized carbons (Fsp3) is 0.296. The Hall–Kier alpha value is -6.43. The number of aryl methyl sites for hydroxylation is 4. The Morgan fingerprint density at radius 3 is 1.32 bits per heavy atom. The zero-order valence-corrected chi connectivity index (χ0v) is 43.7. The molecule has 71 heavy (non-hydrogen) atoms. The van der Waals surface area contributed by atoms with Crippen LogP contribution in [0.1, 0.15) is 67.7 Å². The van der Waals surface area contributed by atoms with Crippen molar-refractivity contribution in [1.29, 1.82) is 0 Å². The highest BCUT2D eigenvalue weighted by atomic mass is 35.7. The molecule has 0 aromatic heterocycles. The molecule has 2 amide bonds. The molecule has 0 aliphatic carbocycles. The molecule has 0 spiro atoms. The SMILES string of the molecule is COc1cc(N2C(=O)[C@H](O)[C@@H]2c2ccc(C)c(OCc3ccccc3)c2)cc(C)c1C.COc1cc(N2C(=O)[C@H](OS(C)(=O)=O)[C@@H]2c2ccc(C)c(OCc3ccccc3)c2)cc(C)c1C.CS(=O)(=O)Cl. The van der Waals surface area contributed by atoms with Crippen LogP contribution in [0.3, 0.4) is 0 Å². The number of nitrogens with zero attached hydrogens (tertiary/aromatic N) is 2. The Kier molecular flexibility index (Phi) is 17.3. The second kappa shape index (κ2) is 22.8. The molecular weight excluding hydrogens is 968 g/mol. The van der Waals surface area contributed by atoms with Gasteiger partial charge in [0, 0.05) is 34.2 Å². The van der Waals surface area contributed by atoms with Gasteiger partial charge >= 0.3 is 0 Å². The molecule has 14 nitrogen and oxygen atoms in total. The summed E-state index contributed by atoms with van der Waals surface area (Å²) in [5.41, 5.74) is 10.9. The molecule has 17 heteroatoms. The van der Waals surface area contributed by atoms with Gasteiger partial charge in [-0.3, -0.25) is 23.6 Å². The Morgan fingerprint density at radius 2 is 0.930 bits per heavy atom. The minimum Gasteiger partial charge on any atom is -0.496 e. The van der Waals surface area contributed by atoms with E-state index >= 15 is 0 Å². The van der Waals surface area contributed by atoms with Gasteiger partial charge in [-0.1, -0.05) is 84.9 Å². The van der Waals surface area contributed by atoms with Gasteiger partial charge in [-0.2, -0.15) is 8.42 Å². The van der Waals surface area contributed by atoms with E-state index in [-0.39, 0.29) is 5.91 Å². The lowest BCUT2D eigenvalue weighted by molar-refractivity contribution is -0.137. The highest BCUT2D eigenvalue weighted by Gasteiger charge is 2.52. The average Bonchev–Trinajstić information content (AvgIpc) is 3.32. The Balaban J connectivity index is 0.000000213. The summed E-state index contributed by atoms with van der Waals surface area (Å²) in [6.45, 7) is 12.6. The van der Waals surface area contributed by atoms with Gasteiger partial charge in [0.1, 0.15) is 36.2 Å². The molecule has 6 aromatic carbocycles. The van der Waals surface area contributed by atoms with E-state index in [1.807, 2.05) is 157 Å². The summed E-state index contributed by atoms with van der Waals surface area (Å²) in [7, 11) is 0.642. The second-order valence-electron chi connectivity index (χ2n) is 17.4. The predicted molar refractivity (Wildman–Crippen MR) is 276 cm³/mol. The monoisotopic (exact) mass is 1030 g/mol. The number of hydrogen-bond donors (Lipinski definition) is 1. The zero-order valence-electron chi connectivity index (χ0n) is 41.3. The molecule has 1 N–H and O–H groups in total. The fourth-order valence-corrected chi connectivity index (χ4v) is 8.72. The topological polar surface area (TPSA) is 175 Å². The van der Waals surface area contributed by atoms with E-state index in [0.29, 0.717) is 41.7 Å². The molecule has 8 rings (SSSR count). The third-order valence-corrected chi connectivity index (χ3v) is 12.7. The van der Waals surface area contributed by atoms with Crippen molar-refractivity contribution in [3.63, 3.8) is 0 Å². The molecular formula is C54H59ClN2O12S2. The number of methoxy groups -OCH3 is 2. The number of benzene rings is 6. The Bertz CT molecular complexity index is 3110. The highest BCUT2D eigenvalue weighted by molar-refractivity contribution is 8.13. The summed E-state index contributed by atoms with van der Waals surface area (Å²) in [5, 5.41) is 10.5. The molecule has 2 aliphatic rings. The van der Waals surface area contributed by atoms with E-state index in [9.17, 15) is 31.5 Å². The first kappa shape index (κ1) is 53.9. The van der Waals surface area contributed by atoms with E-state index < -0.39 is 49.4 Å². The lowest BCUT2D eigenvalue weighted by atomic mass is 9.89. The number of rotatable bonds is 14. The van der Waals surface area contributed by atoms with Gasteiger partial charge in [-0.15, -0.1) is 0 Å². The van der Waals surface area contributed by atoms with Crippen molar-refractivity contribution in [3.8, 4) is 23.0 Å². The standard InChI is InChI=1S/C27H29NO6S.C26H27NO4.CH3ClO2S/c1-17-11-12-21(14-23(17)33-16-20-9-7-6-8-10-20)25-26(34-35(5,30)31)27(29)28(25)22-13-18(2)19(3)24(15-22)32-4;1-16-10-11-20(13-22(16)31-15-19-8-6-5-7-9-19)24-25(28)26(29)27(24)21-12-17(2)18(3)23(14-21)30-4;1-5(2,3)4/h6-15,25-26H,16H2,1-5H3;5-14,24-25,28H,15H2,1-4H3;1H3/t25-,26+;24-,25+;/m00./s1. The summed E-state index contributed by atoms with van der Waals surface area (Å²) in [6.07, 6.45) is -0.378. The maximum Gasteiger partial charge on any atom is 0.265 e. The lowest BCUT2D eigenvalue weighted by Crippen LogP contribution is -2.60. The third kappa shape index (κ3) is 13.3. The smallest absolute Gasteiger partial charge is 0.265 e. The largest absolute Gasteiger partial charge is 0.496 e. The third-order valence-electron chi connectivity index (χ3n) is 12.2. The first-order chi connectivity index (χ1) is 33.5. The molecule has 0 unspecified atom stereocenters. The van der Waals surface area contributed by atoms with E-state index in [0.717, 1.165) is 74.1 Å². The summed E-state index contributed by atoms with van der Waals surface area (Å²) in [4.78, 5) is 28.9. The van der Waals surface area contributed by atoms with Crippen molar-refractivity contribution >= 4 is 53.0 Å². The van der Waals surface area contributed by atoms with Crippen LogP contribution in [0.15, 0.2) is 121 Å². The second-order valence-corrected chi connectivity index (χ2v) is 22.1. The number of hydrogen-bond acceptors (Lipinski definition) is 12. The molecule has 4 atom stereocenters. The average molecular weight is 1030 g/mol. The predicted octanol–water partition coefficient (Wildman–Crippen LogP) is 9.47. The molecule has 6 aromatic rings. The molecule has 2 heterocycles. The molecule has 0 bridgehead atoms. The van der Waals surface area contributed by atoms with Gasteiger partial charge < -0.3 is 24.1 Å². The normalized spacial score (nSPS) is 17.4. The van der Waals surface area contributed by atoms with Gasteiger partial charge in [0.15, 0.2) is 12.2 Å². The quantitative estimate of drug-likeness (QED) is 0.0623. The van der Waals surface area contributed by atoms with E-state index in [2.05, 4.69) is 10.7 Å². The van der Waals surface area contributed by atoms with Gasteiger partial charge in [0.2, 0.25) is 9.05 Å². The Labute approximate surface area is 421 Å². The van der Waals surface area contributed by atoms with Crippen molar-refractivity contribution in [3.05, 3.63) is 177 Å². The number of amides is 2. The van der Waals surface area contributed by atoms with Crippen LogP contribution in [0.2, 0.25) is 0 Å². The van der Waals surface area contributed by atoms with E-state index in [1.54, 1.807) is 30.1 Å². The molecule has 0 saturated carbocycles. The molecule has 2 aliphatic heterocycles. The molecule has 2 saturated heterocycles. The number of carbonyl (C=O) groups is 2. The van der Waals surface area contributed by atoms with Gasteiger partial charge in [-0.05, 0) is 121 Å². The van der Waals surface area contributed by atoms with Crippen LogP contribution >= 0.6 is 10.7 Å².